The summed E-state index contributed by atoms with van der Waals surface area (Å²) in [7, 11) is 2.28. The summed E-state index contributed by atoms with van der Waals surface area (Å²) in [5.41, 5.74) is 2.38. The standard InChI is InChI=1S/C15H21ClN2/c1-10-4-3-5-14(16)15(10)17-11-8-12-6-7-13(9-11)18(12)2/h3-5,11-13,17H,6-9H2,1-2H3. The van der Waals surface area contributed by atoms with Gasteiger partial charge in [-0.05, 0) is 51.3 Å². The van der Waals surface area contributed by atoms with Crippen LogP contribution in [-0.2, 0) is 0 Å². The van der Waals surface area contributed by atoms with Crippen LogP contribution in [0.15, 0.2) is 18.2 Å². The molecule has 2 bridgehead atoms. The molecule has 1 aromatic rings. The molecule has 3 heteroatoms. The third-order valence-corrected chi connectivity index (χ3v) is 4.98. The average molecular weight is 265 g/mol. The predicted molar refractivity (Wildman–Crippen MR) is 77.4 cm³/mol. The average Bonchev–Trinajstić information content (AvgIpc) is 2.58. The van der Waals surface area contributed by atoms with Gasteiger partial charge in [0.05, 0.1) is 10.7 Å². The van der Waals surface area contributed by atoms with Gasteiger partial charge in [-0.25, -0.2) is 0 Å². The molecule has 2 fully saturated rings. The molecule has 2 aliphatic heterocycles. The molecule has 0 spiro atoms. The third-order valence-electron chi connectivity index (χ3n) is 4.67. The number of benzene rings is 1. The fraction of sp³-hybridized carbons (Fsp3) is 0.600. The summed E-state index contributed by atoms with van der Waals surface area (Å²) in [6.45, 7) is 2.12. The molecule has 2 nitrogen and oxygen atoms in total. The van der Waals surface area contributed by atoms with Crippen molar-refractivity contribution in [2.24, 2.45) is 0 Å². The van der Waals surface area contributed by atoms with E-state index in [1.165, 1.54) is 31.2 Å². The lowest BCUT2D eigenvalue weighted by molar-refractivity contribution is 0.169. The van der Waals surface area contributed by atoms with E-state index in [1.807, 2.05) is 12.1 Å². The number of hydrogen-bond donors (Lipinski definition) is 1. The minimum atomic E-state index is 0.581. The van der Waals surface area contributed by atoms with Gasteiger partial charge in [-0.1, -0.05) is 23.7 Å². The number of nitrogens with one attached hydrogen (secondary N) is 1. The van der Waals surface area contributed by atoms with Gasteiger partial charge in [0.25, 0.3) is 0 Å². The molecule has 0 amide bonds. The molecule has 2 saturated heterocycles. The monoisotopic (exact) mass is 264 g/mol. The summed E-state index contributed by atoms with van der Waals surface area (Å²) in [5, 5.41) is 4.53. The second kappa shape index (κ2) is 4.75. The van der Waals surface area contributed by atoms with Gasteiger partial charge in [0.1, 0.15) is 0 Å². The lowest BCUT2D eigenvalue weighted by atomic mass is 9.97. The van der Waals surface area contributed by atoms with Gasteiger partial charge in [0, 0.05) is 18.1 Å². The Kier molecular flexibility index (Phi) is 3.25. The highest BCUT2D eigenvalue weighted by Crippen LogP contribution is 2.36. The number of rotatable bonds is 2. The van der Waals surface area contributed by atoms with E-state index in [2.05, 4.69) is 30.3 Å². The predicted octanol–water partition coefficient (Wildman–Crippen LogP) is 3.69. The molecule has 1 N–H and O–H groups in total. The number of fused-ring (bicyclic) bond motifs is 2. The molecule has 0 saturated carbocycles. The Bertz CT molecular complexity index is 412. The van der Waals surface area contributed by atoms with Crippen molar-refractivity contribution in [3.05, 3.63) is 28.8 Å². The quantitative estimate of drug-likeness (QED) is 0.877. The van der Waals surface area contributed by atoms with Crippen molar-refractivity contribution in [3.63, 3.8) is 0 Å². The molecule has 98 valence electrons. The summed E-state index contributed by atoms with van der Waals surface area (Å²) in [4.78, 5) is 2.57. The van der Waals surface area contributed by atoms with Crippen molar-refractivity contribution in [2.45, 2.75) is 50.7 Å². The van der Waals surface area contributed by atoms with Crippen LogP contribution in [0.1, 0.15) is 31.2 Å². The molecule has 3 rings (SSSR count). The third kappa shape index (κ3) is 2.12. The lowest BCUT2D eigenvalue weighted by Gasteiger charge is -2.37. The Balaban J connectivity index is 1.74. The molecule has 2 atom stereocenters. The Morgan fingerprint density at radius 3 is 2.50 bits per heavy atom. The molecular weight excluding hydrogens is 244 g/mol. The van der Waals surface area contributed by atoms with Crippen molar-refractivity contribution in [3.8, 4) is 0 Å². The van der Waals surface area contributed by atoms with E-state index in [0.29, 0.717) is 6.04 Å². The number of halogens is 1. The van der Waals surface area contributed by atoms with Gasteiger partial charge in [0.15, 0.2) is 0 Å². The minimum absolute atomic E-state index is 0.581. The topological polar surface area (TPSA) is 15.3 Å². The number of hydrogen-bond acceptors (Lipinski definition) is 2. The molecule has 18 heavy (non-hydrogen) atoms. The summed E-state index contributed by atoms with van der Waals surface area (Å²) < 4.78 is 0. The molecule has 0 radical (unpaired) electrons. The lowest BCUT2D eigenvalue weighted by Crippen LogP contribution is -2.44. The van der Waals surface area contributed by atoms with Crippen LogP contribution in [0.25, 0.3) is 0 Å². The van der Waals surface area contributed by atoms with Crippen molar-refractivity contribution >= 4 is 17.3 Å². The maximum absolute atomic E-state index is 6.29. The summed E-state index contributed by atoms with van der Waals surface area (Å²) in [6.07, 6.45) is 5.22. The molecule has 0 aromatic heterocycles. The van der Waals surface area contributed by atoms with E-state index in [9.17, 15) is 0 Å². The van der Waals surface area contributed by atoms with E-state index in [-0.39, 0.29) is 0 Å². The molecule has 2 unspecified atom stereocenters. The van der Waals surface area contributed by atoms with E-state index >= 15 is 0 Å². The maximum Gasteiger partial charge on any atom is 0.0640 e. The van der Waals surface area contributed by atoms with Gasteiger partial charge in [-0.15, -0.1) is 0 Å². The van der Waals surface area contributed by atoms with Crippen LogP contribution < -0.4 is 5.32 Å². The Labute approximate surface area is 114 Å². The molecule has 2 aliphatic rings. The van der Waals surface area contributed by atoms with Gasteiger partial charge in [0.2, 0.25) is 0 Å². The Morgan fingerprint density at radius 2 is 1.89 bits per heavy atom. The Hall–Kier alpha value is -0.730. The van der Waals surface area contributed by atoms with Crippen molar-refractivity contribution in [1.82, 2.24) is 4.90 Å². The molecule has 1 aromatic carbocycles. The highest BCUT2D eigenvalue weighted by molar-refractivity contribution is 6.33. The number of aryl methyl sites for hydroxylation is 1. The smallest absolute Gasteiger partial charge is 0.0640 e. The molecular formula is C15H21ClN2. The van der Waals surface area contributed by atoms with Crippen molar-refractivity contribution < 1.29 is 0 Å². The van der Waals surface area contributed by atoms with Crippen LogP contribution in [0.4, 0.5) is 5.69 Å². The summed E-state index contributed by atoms with van der Waals surface area (Å²) in [5.74, 6) is 0. The van der Waals surface area contributed by atoms with Crippen LogP contribution in [0, 0.1) is 6.92 Å². The summed E-state index contributed by atoms with van der Waals surface area (Å²) >= 11 is 6.29. The first-order valence-corrected chi connectivity index (χ1v) is 7.26. The van der Waals surface area contributed by atoms with Crippen molar-refractivity contribution in [2.75, 3.05) is 12.4 Å². The van der Waals surface area contributed by atoms with Crippen LogP contribution in [-0.4, -0.2) is 30.1 Å². The highest BCUT2D eigenvalue weighted by Gasteiger charge is 2.38. The van der Waals surface area contributed by atoms with Crippen LogP contribution in [0.5, 0.6) is 0 Å². The maximum atomic E-state index is 6.29. The van der Waals surface area contributed by atoms with E-state index in [0.717, 1.165) is 22.8 Å². The highest BCUT2D eigenvalue weighted by atomic mass is 35.5. The van der Waals surface area contributed by atoms with E-state index < -0.39 is 0 Å². The number of piperidine rings is 1. The largest absolute Gasteiger partial charge is 0.381 e. The number of anilines is 1. The van der Waals surface area contributed by atoms with Gasteiger partial charge < -0.3 is 10.2 Å². The Morgan fingerprint density at radius 1 is 1.22 bits per heavy atom. The van der Waals surface area contributed by atoms with Gasteiger partial charge in [-0.2, -0.15) is 0 Å². The number of para-hydroxylation sites is 1. The number of nitrogens with zero attached hydrogens (tertiary/aromatic N) is 1. The first-order valence-electron chi connectivity index (χ1n) is 6.88. The first kappa shape index (κ1) is 12.3. The molecule has 0 aliphatic carbocycles. The second-order valence-corrected chi connectivity index (χ2v) is 6.20. The zero-order chi connectivity index (χ0) is 12.7. The van der Waals surface area contributed by atoms with E-state index in [4.69, 9.17) is 11.6 Å². The first-order chi connectivity index (χ1) is 8.65. The second-order valence-electron chi connectivity index (χ2n) is 5.79. The normalized spacial score (nSPS) is 31.6. The zero-order valence-corrected chi connectivity index (χ0v) is 11.9. The van der Waals surface area contributed by atoms with Crippen LogP contribution in [0.3, 0.4) is 0 Å². The zero-order valence-electron chi connectivity index (χ0n) is 11.1. The van der Waals surface area contributed by atoms with Crippen LogP contribution >= 0.6 is 11.6 Å². The van der Waals surface area contributed by atoms with Crippen molar-refractivity contribution in [1.29, 1.82) is 0 Å². The fourth-order valence-corrected chi connectivity index (χ4v) is 3.82. The van der Waals surface area contributed by atoms with Crippen LogP contribution in [0.2, 0.25) is 5.02 Å². The minimum Gasteiger partial charge on any atom is -0.381 e. The summed E-state index contributed by atoms with van der Waals surface area (Å²) in [6, 6.07) is 8.23. The fourth-order valence-electron chi connectivity index (χ4n) is 3.55. The SMILES string of the molecule is Cc1cccc(Cl)c1NC1CC2CCC(C1)N2C. The van der Waals surface area contributed by atoms with Gasteiger partial charge >= 0.3 is 0 Å². The molecule has 2 heterocycles. The van der Waals surface area contributed by atoms with E-state index in [1.54, 1.807) is 0 Å². The van der Waals surface area contributed by atoms with Gasteiger partial charge in [-0.3, -0.25) is 0 Å².